The first-order valence-electron chi connectivity index (χ1n) is 4.63. The summed E-state index contributed by atoms with van der Waals surface area (Å²) >= 11 is 2.09. The summed E-state index contributed by atoms with van der Waals surface area (Å²) in [5.74, 6) is 0.283. The third-order valence-corrected chi connectivity index (χ3v) is 4.15. The molecule has 0 bridgehead atoms. The first-order valence-corrected chi connectivity index (χ1v) is 7.19. The van der Waals surface area contributed by atoms with Gasteiger partial charge in [0.25, 0.3) is 10.0 Å². The Morgan fingerprint density at radius 3 is 2.65 bits per heavy atom. The number of hydrogen-bond acceptors (Lipinski definition) is 4. The van der Waals surface area contributed by atoms with Crippen molar-refractivity contribution in [1.82, 2.24) is 15.2 Å². The number of nitrogens with zero attached hydrogens (tertiary/aromatic N) is 2. The van der Waals surface area contributed by atoms with E-state index in [2.05, 4.69) is 42.5 Å². The van der Waals surface area contributed by atoms with E-state index in [1.807, 2.05) is 0 Å². The fourth-order valence-electron chi connectivity index (χ4n) is 1.24. The van der Waals surface area contributed by atoms with E-state index >= 15 is 0 Å². The molecule has 17 heavy (non-hydrogen) atoms. The number of sulfonamides is 1. The summed E-state index contributed by atoms with van der Waals surface area (Å²) in [6.45, 7) is 1.64. The van der Waals surface area contributed by atoms with E-state index in [1.54, 1.807) is 25.3 Å². The van der Waals surface area contributed by atoms with Crippen LogP contribution in [0, 0.1) is 10.5 Å². The molecule has 0 aromatic carbocycles. The van der Waals surface area contributed by atoms with Crippen molar-refractivity contribution in [1.29, 1.82) is 0 Å². The van der Waals surface area contributed by atoms with Gasteiger partial charge in [0.05, 0.1) is 11.9 Å². The molecule has 2 heterocycles. The molecule has 0 spiro atoms. The molecular formula is C9H9IN4O2S. The number of pyridine rings is 1. The second kappa shape index (κ2) is 4.61. The molecule has 0 aliphatic heterocycles. The van der Waals surface area contributed by atoms with Crippen LogP contribution in [-0.4, -0.2) is 23.6 Å². The van der Waals surface area contributed by atoms with Crippen LogP contribution < -0.4 is 4.72 Å². The number of aryl methyl sites for hydroxylation is 1. The fourth-order valence-corrected chi connectivity index (χ4v) is 2.70. The monoisotopic (exact) mass is 364 g/mol. The largest absolute Gasteiger partial charge is 0.281 e. The fraction of sp³-hybridized carbons (Fsp3) is 0.111. The molecule has 0 saturated heterocycles. The summed E-state index contributed by atoms with van der Waals surface area (Å²) in [6, 6.07) is 3.38. The molecule has 0 unspecified atom stereocenters. The van der Waals surface area contributed by atoms with E-state index in [0.717, 1.165) is 3.57 Å². The topological polar surface area (TPSA) is 87.7 Å². The minimum atomic E-state index is -3.62. The van der Waals surface area contributed by atoms with Crippen LogP contribution in [0.15, 0.2) is 29.4 Å². The third-order valence-electron chi connectivity index (χ3n) is 2.04. The molecule has 2 aromatic heterocycles. The zero-order valence-electron chi connectivity index (χ0n) is 8.81. The zero-order chi connectivity index (χ0) is 12.5. The number of anilines is 1. The molecule has 2 rings (SSSR count). The highest BCUT2D eigenvalue weighted by Crippen LogP contribution is 2.16. The normalized spacial score (nSPS) is 11.4. The minimum Gasteiger partial charge on any atom is -0.281 e. The Hall–Kier alpha value is -1.16. The van der Waals surface area contributed by atoms with E-state index < -0.39 is 10.0 Å². The van der Waals surface area contributed by atoms with Crippen LogP contribution in [0.5, 0.6) is 0 Å². The van der Waals surface area contributed by atoms with E-state index in [0.29, 0.717) is 5.69 Å². The number of halogens is 1. The average molecular weight is 364 g/mol. The number of hydrogen-bond donors (Lipinski definition) is 2. The van der Waals surface area contributed by atoms with Crippen LogP contribution in [-0.2, 0) is 10.0 Å². The first-order chi connectivity index (χ1) is 7.99. The summed E-state index contributed by atoms with van der Waals surface area (Å²) in [5.41, 5.74) is 0.489. The molecular weight excluding hydrogens is 355 g/mol. The van der Waals surface area contributed by atoms with Crippen molar-refractivity contribution in [2.45, 2.75) is 11.8 Å². The van der Waals surface area contributed by atoms with Crippen LogP contribution >= 0.6 is 22.6 Å². The quantitative estimate of drug-likeness (QED) is 0.809. The maximum absolute atomic E-state index is 12.0. The van der Waals surface area contributed by atoms with Crippen molar-refractivity contribution in [3.05, 3.63) is 33.8 Å². The van der Waals surface area contributed by atoms with Gasteiger partial charge in [-0.05, 0) is 41.6 Å². The average Bonchev–Trinajstić information content (AvgIpc) is 2.68. The zero-order valence-corrected chi connectivity index (χ0v) is 11.8. The van der Waals surface area contributed by atoms with Gasteiger partial charge in [-0.2, -0.15) is 5.10 Å². The van der Waals surface area contributed by atoms with Crippen molar-refractivity contribution >= 4 is 38.4 Å². The Bertz CT molecular complexity index is 621. The van der Waals surface area contributed by atoms with Gasteiger partial charge in [0.2, 0.25) is 0 Å². The first kappa shape index (κ1) is 12.3. The number of H-pyrrole nitrogens is 1. The summed E-state index contributed by atoms with van der Waals surface area (Å²) in [4.78, 5) is 4.10. The summed E-state index contributed by atoms with van der Waals surface area (Å²) in [7, 11) is -3.62. The van der Waals surface area contributed by atoms with Crippen molar-refractivity contribution in [2.75, 3.05) is 4.72 Å². The van der Waals surface area contributed by atoms with Gasteiger partial charge in [-0.1, -0.05) is 0 Å². The number of rotatable bonds is 3. The van der Waals surface area contributed by atoms with Crippen LogP contribution in [0.1, 0.15) is 5.69 Å². The van der Waals surface area contributed by atoms with Gasteiger partial charge in [0, 0.05) is 9.77 Å². The lowest BCUT2D eigenvalue weighted by Crippen LogP contribution is -2.14. The van der Waals surface area contributed by atoms with E-state index in [1.165, 1.54) is 6.20 Å². The molecule has 0 fully saturated rings. The van der Waals surface area contributed by atoms with Crippen molar-refractivity contribution in [3.63, 3.8) is 0 Å². The van der Waals surface area contributed by atoms with Crippen molar-refractivity contribution < 1.29 is 8.42 Å². The molecule has 0 amide bonds. The molecule has 0 aliphatic rings. The molecule has 8 heteroatoms. The number of aromatic amines is 1. The van der Waals surface area contributed by atoms with Crippen LogP contribution in [0.2, 0.25) is 0 Å². The molecule has 6 nitrogen and oxygen atoms in total. The molecule has 0 radical (unpaired) electrons. The second-order valence-corrected chi connectivity index (χ2v) is 6.22. The highest BCUT2D eigenvalue weighted by molar-refractivity contribution is 14.1. The van der Waals surface area contributed by atoms with Gasteiger partial charge in [0.15, 0.2) is 0 Å². The van der Waals surface area contributed by atoms with Crippen molar-refractivity contribution in [2.24, 2.45) is 0 Å². The van der Waals surface area contributed by atoms with Crippen molar-refractivity contribution in [3.8, 4) is 0 Å². The highest BCUT2D eigenvalue weighted by Gasteiger charge is 2.18. The Morgan fingerprint density at radius 2 is 2.12 bits per heavy atom. The Balaban J connectivity index is 2.30. The van der Waals surface area contributed by atoms with Gasteiger partial charge in [0.1, 0.15) is 10.7 Å². The lowest BCUT2D eigenvalue weighted by molar-refractivity contribution is 0.600. The SMILES string of the molecule is Cc1[nH]ncc1S(=O)(=O)Nc1ccc(I)cn1. The van der Waals surface area contributed by atoms with Crippen LogP contribution in [0.4, 0.5) is 5.82 Å². The molecule has 2 aromatic rings. The molecule has 0 saturated carbocycles. The molecule has 90 valence electrons. The Morgan fingerprint density at radius 1 is 1.35 bits per heavy atom. The minimum absolute atomic E-state index is 0.123. The lowest BCUT2D eigenvalue weighted by atomic mass is 10.5. The van der Waals surface area contributed by atoms with E-state index in [-0.39, 0.29) is 10.7 Å². The molecule has 2 N–H and O–H groups in total. The summed E-state index contributed by atoms with van der Waals surface area (Å²) < 4.78 is 27.2. The van der Waals surface area contributed by atoms with Crippen LogP contribution in [0.3, 0.4) is 0 Å². The maximum Gasteiger partial charge on any atom is 0.266 e. The third kappa shape index (κ3) is 2.75. The predicted molar refractivity (Wildman–Crippen MR) is 71.1 cm³/mol. The Kier molecular flexibility index (Phi) is 3.33. The number of nitrogens with one attached hydrogen (secondary N) is 2. The van der Waals surface area contributed by atoms with Gasteiger partial charge in [-0.15, -0.1) is 0 Å². The van der Waals surface area contributed by atoms with E-state index in [9.17, 15) is 8.42 Å². The van der Waals surface area contributed by atoms with Crippen LogP contribution in [0.25, 0.3) is 0 Å². The summed E-state index contributed by atoms with van der Waals surface area (Å²) in [5, 5.41) is 6.26. The lowest BCUT2D eigenvalue weighted by Gasteiger charge is -2.05. The Labute approximate surface area is 112 Å². The summed E-state index contributed by atoms with van der Waals surface area (Å²) in [6.07, 6.45) is 2.85. The highest BCUT2D eigenvalue weighted by atomic mass is 127. The maximum atomic E-state index is 12.0. The van der Waals surface area contributed by atoms with Gasteiger partial charge in [-0.3, -0.25) is 9.82 Å². The van der Waals surface area contributed by atoms with E-state index in [4.69, 9.17) is 0 Å². The van der Waals surface area contributed by atoms with Gasteiger partial charge < -0.3 is 0 Å². The molecule has 0 aliphatic carbocycles. The second-order valence-electron chi connectivity index (χ2n) is 3.33. The predicted octanol–water partition coefficient (Wildman–Crippen LogP) is 1.52. The smallest absolute Gasteiger partial charge is 0.266 e. The van der Waals surface area contributed by atoms with Gasteiger partial charge >= 0.3 is 0 Å². The number of aromatic nitrogens is 3. The van der Waals surface area contributed by atoms with Gasteiger partial charge in [-0.25, -0.2) is 13.4 Å². The molecule has 0 atom stereocenters. The standard InChI is InChI=1S/C9H9IN4O2S/c1-6-8(5-12-13-6)17(15,16)14-9-3-2-7(10)4-11-9/h2-5H,1H3,(H,11,14)(H,12,13).